The number of hydrogen-bond donors (Lipinski definition) is 1. The molecule has 0 aliphatic carbocycles. The van der Waals surface area contributed by atoms with Crippen LogP contribution in [0.1, 0.15) is 26.7 Å². The summed E-state index contributed by atoms with van der Waals surface area (Å²) in [6.07, 6.45) is 4.00. The summed E-state index contributed by atoms with van der Waals surface area (Å²) in [6.45, 7) is 7.09. The molecule has 0 unspecified atom stereocenters. The van der Waals surface area contributed by atoms with E-state index in [1.54, 1.807) is 6.92 Å². The smallest absolute Gasteiger partial charge is 0.331 e. The molecule has 3 nitrogen and oxygen atoms in total. The average Bonchev–Trinajstić information content (AvgIpc) is 2.42. The Kier molecular flexibility index (Phi) is 3.11. The number of carbonyl (C=O) groups is 1. The van der Waals surface area contributed by atoms with Crippen LogP contribution in [0.3, 0.4) is 0 Å². The van der Waals surface area contributed by atoms with Crippen LogP contribution in [0.4, 0.5) is 0 Å². The lowest BCUT2D eigenvalue weighted by molar-refractivity contribution is -0.139. The molecule has 1 aliphatic rings. The molecule has 0 saturated heterocycles. The van der Waals surface area contributed by atoms with Crippen LogP contribution in [0.25, 0.3) is 0 Å². The summed E-state index contributed by atoms with van der Waals surface area (Å²) < 4.78 is 5.04. The summed E-state index contributed by atoms with van der Waals surface area (Å²) in [4.78, 5) is 10.9. The maximum absolute atomic E-state index is 10.9. The molecule has 78 valence electrons. The number of rotatable bonds is 4. The van der Waals surface area contributed by atoms with Gasteiger partial charge in [-0.2, -0.15) is 0 Å². The molecule has 0 radical (unpaired) electrons. The van der Waals surface area contributed by atoms with Crippen molar-refractivity contribution < 1.29 is 14.6 Å². The lowest BCUT2D eigenvalue weighted by atomic mass is 9.96. The van der Waals surface area contributed by atoms with Gasteiger partial charge in [0, 0.05) is 6.08 Å². The molecule has 0 aromatic carbocycles. The van der Waals surface area contributed by atoms with E-state index in [-0.39, 0.29) is 12.1 Å². The van der Waals surface area contributed by atoms with Gasteiger partial charge in [0.15, 0.2) is 0 Å². The van der Waals surface area contributed by atoms with Crippen LogP contribution in [0.5, 0.6) is 0 Å². The highest BCUT2D eigenvalue weighted by Crippen LogP contribution is 2.23. The van der Waals surface area contributed by atoms with Gasteiger partial charge >= 0.3 is 5.97 Å². The number of esters is 1. The van der Waals surface area contributed by atoms with E-state index in [4.69, 9.17) is 4.74 Å². The second kappa shape index (κ2) is 3.96. The highest BCUT2D eigenvalue weighted by Gasteiger charge is 2.25. The molecular weight excluding hydrogens is 180 g/mol. The third-order valence-electron chi connectivity index (χ3n) is 2.46. The monoisotopic (exact) mass is 196 g/mol. The SMILES string of the molecule is C=C[C@@](C)(O)CC[C@H]1OC(=O)C=C1C. The first-order valence-corrected chi connectivity index (χ1v) is 4.69. The quantitative estimate of drug-likeness (QED) is 0.548. The number of hydrogen-bond acceptors (Lipinski definition) is 3. The predicted molar refractivity (Wildman–Crippen MR) is 53.7 cm³/mol. The fourth-order valence-corrected chi connectivity index (χ4v) is 1.36. The maximum Gasteiger partial charge on any atom is 0.331 e. The van der Waals surface area contributed by atoms with E-state index in [1.165, 1.54) is 12.2 Å². The van der Waals surface area contributed by atoms with Gasteiger partial charge in [0.1, 0.15) is 6.10 Å². The van der Waals surface area contributed by atoms with Gasteiger partial charge in [-0.25, -0.2) is 4.79 Å². The van der Waals surface area contributed by atoms with E-state index in [1.807, 2.05) is 6.92 Å². The molecule has 0 spiro atoms. The van der Waals surface area contributed by atoms with Crippen LogP contribution < -0.4 is 0 Å². The van der Waals surface area contributed by atoms with Crippen LogP contribution in [0.2, 0.25) is 0 Å². The van der Waals surface area contributed by atoms with E-state index < -0.39 is 5.60 Å². The molecule has 0 aromatic rings. The summed E-state index contributed by atoms with van der Waals surface area (Å²) in [5.74, 6) is -0.286. The molecule has 0 saturated carbocycles. The van der Waals surface area contributed by atoms with E-state index >= 15 is 0 Å². The van der Waals surface area contributed by atoms with Crippen molar-refractivity contribution in [2.45, 2.75) is 38.4 Å². The zero-order chi connectivity index (χ0) is 10.8. The minimum Gasteiger partial charge on any atom is -0.455 e. The van der Waals surface area contributed by atoms with Gasteiger partial charge in [-0.1, -0.05) is 6.08 Å². The van der Waals surface area contributed by atoms with E-state index in [2.05, 4.69) is 6.58 Å². The predicted octanol–water partition coefficient (Wildman–Crippen LogP) is 1.58. The minimum atomic E-state index is -0.880. The second-order valence-corrected chi connectivity index (χ2v) is 3.91. The normalized spacial score (nSPS) is 25.2. The van der Waals surface area contributed by atoms with Gasteiger partial charge in [0.25, 0.3) is 0 Å². The second-order valence-electron chi connectivity index (χ2n) is 3.91. The average molecular weight is 196 g/mol. The van der Waals surface area contributed by atoms with Crippen molar-refractivity contribution in [3.05, 3.63) is 24.3 Å². The van der Waals surface area contributed by atoms with Gasteiger partial charge in [-0.15, -0.1) is 6.58 Å². The van der Waals surface area contributed by atoms with Crippen molar-refractivity contribution >= 4 is 5.97 Å². The number of carbonyl (C=O) groups excluding carboxylic acids is 1. The zero-order valence-corrected chi connectivity index (χ0v) is 8.62. The Bertz CT molecular complexity index is 276. The number of cyclic esters (lactones) is 1. The number of ether oxygens (including phenoxy) is 1. The van der Waals surface area contributed by atoms with Crippen LogP contribution in [-0.2, 0) is 9.53 Å². The first-order chi connectivity index (χ1) is 6.44. The van der Waals surface area contributed by atoms with Crippen LogP contribution in [0, 0.1) is 0 Å². The third-order valence-corrected chi connectivity index (χ3v) is 2.46. The Labute approximate surface area is 84.1 Å². The Hall–Kier alpha value is -1.09. The maximum atomic E-state index is 10.9. The van der Waals surface area contributed by atoms with E-state index in [0.717, 1.165) is 5.57 Å². The van der Waals surface area contributed by atoms with Crippen molar-refractivity contribution in [2.75, 3.05) is 0 Å². The van der Waals surface area contributed by atoms with E-state index in [9.17, 15) is 9.90 Å². The molecule has 2 atom stereocenters. The van der Waals surface area contributed by atoms with Crippen molar-refractivity contribution in [3.8, 4) is 0 Å². The molecule has 1 N–H and O–H groups in total. The van der Waals surface area contributed by atoms with Crippen LogP contribution in [-0.4, -0.2) is 22.8 Å². The molecular formula is C11H16O3. The van der Waals surface area contributed by atoms with Gasteiger partial charge in [0.2, 0.25) is 0 Å². The molecule has 0 amide bonds. The standard InChI is InChI=1S/C11H16O3/c1-4-11(3,13)6-5-9-8(2)7-10(12)14-9/h4,7,9,13H,1,5-6H2,2-3H3/t9-,11-/m1/s1. The molecule has 1 heterocycles. The molecule has 0 bridgehead atoms. The van der Waals surface area contributed by atoms with Gasteiger partial charge < -0.3 is 9.84 Å². The Morgan fingerprint density at radius 3 is 2.86 bits per heavy atom. The van der Waals surface area contributed by atoms with E-state index in [0.29, 0.717) is 12.8 Å². The van der Waals surface area contributed by atoms with Gasteiger partial charge in [0.05, 0.1) is 5.60 Å². The number of aliphatic hydroxyl groups is 1. The summed E-state index contributed by atoms with van der Waals surface area (Å²) in [7, 11) is 0. The highest BCUT2D eigenvalue weighted by molar-refractivity contribution is 5.85. The molecule has 14 heavy (non-hydrogen) atoms. The minimum absolute atomic E-state index is 0.172. The Morgan fingerprint density at radius 1 is 1.79 bits per heavy atom. The molecule has 1 rings (SSSR count). The summed E-state index contributed by atoms with van der Waals surface area (Å²) in [6, 6.07) is 0. The summed E-state index contributed by atoms with van der Waals surface area (Å²) in [5.41, 5.74) is 0.0461. The molecule has 3 heteroatoms. The van der Waals surface area contributed by atoms with Crippen molar-refractivity contribution in [1.29, 1.82) is 0 Å². The highest BCUT2D eigenvalue weighted by atomic mass is 16.5. The Morgan fingerprint density at radius 2 is 2.43 bits per heavy atom. The molecule has 0 aromatic heterocycles. The topological polar surface area (TPSA) is 46.5 Å². The third kappa shape index (κ3) is 2.70. The largest absolute Gasteiger partial charge is 0.455 e. The summed E-state index contributed by atoms with van der Waals surface area (Å²) in [5, 5.41) is 9.66. The first kappa shape index (κ1) is 11.0. The van der Waals surface area contributed by atoms with Gasteiger partial charge in [-0.05, 0) is 32.3 Å². The molecule has 0 fully saturated rings. The van der Waals surface area contributed by atoms with Crippen LogP contribution in [0.15, 0.2) is 24.3 Å². The molecule has 1 aliphatic heterocycles. The first-order valence-electron chi connectivity index (χ1n) is 4.69. The van der Waals surface area contributed by atoms with Crippen LogP contribution >= 0.6 is 0 Å². The zero-order valence-electron chi connectivity index (χ0n) is 8.62. The van der Waals surface area contributed by atoms with Crippen molar-refractivity contribution in [1.82, 2.24) is 0 Å². The van der Waals surface area contributed by atoms with Crippen molar-refractivity contribution in [3.63, 3.8) is 0 Å². The van der Waals surface area contributed by atoms with Crippen molar-refractivity contribution in [2.24, 2.45) is 0 Å². The fraction of sp³-hybridized carbons (Fsp3) is 0.545. The Balaban J connectivity index is 2.44. The fourth-order valence-electron chi connectivity index (χ4n) is 1.36. The lowest BCUT2D eigenvalue weighted by Crippen LogP contribution is -2.23. The summed E-state index contributed by atoms with van der Waals surface area (Å²) >= 11 is 0. The van der Waals surface area contributed by atoms with Gasteiger partial charge in [-0.3, -0.25) is 0 Å². The lowest BCUT2D eigenvalue weighted by Gasteiger charge is -2.20.